The molecule has 3 heteroatoms. The molecule has 0 aliphatic carbocycles. The van der Waals surface area contributed by atoms with E-state index in [4.69, 9.17) is 4.52 Å². The van der Waals surface area contributed by atoms with Crippen molar-refractivity contribution >= 4 is 45.0 Å². The van der Waals surface area contributed by atoms with Gasteiger partial charge in [-0.05, 0) is 0 Å². The molecule has 0 amide bonds. The van der Waals surface area contributed by atoms with Crippen molar-refractivity contribution in [1.29, 1.82) is 0 Å². The summed E-state index contributed by atoms with van der Waals surface area (Å²) < 4.78 is 6.80. The summed E-state index contributed by atoms with van der Waals surface area (Å²) in [5.74, 6) is 0. The summed E-state index contributed by atoms with van der Waals surface area (Å²) in [5.41, 5.74) is 0. The fraction of sp³-hybridized carbons (Fsp3) is 0.0400. The molecule has 4 rings (SSSR count). The van der Waals surface area contributed by atoms with Gasteiger partial charge < -0.3 is 0 Å². The summed E-state index contributed by atoms with van der Waals surface area (Å²) in [6.07, 6.45) is 0. The molecule has 0 radical (unpaired) electrons. The number of halogens is 1. The topological polar surface area (TPSA) is 9.23 Å². The van der Waals surface area contributed by atoms with Crippen molar-refractivity contribution in [2.75, 3.05) is 7.11 Å². The van der Waals surface area contributed by atoms with Crippen molar-refractivity contribution in [3.05, 3.63) is 121 Å². The first-order valence-corrected chi connectivity index (χ1v) is 11.3. The Balaban J connectivity index is 0.00000225. The zero-order valence-electron chi connectivity index (χ0n) is 15.8. The van der Waals surface area contributed by atoms with Crippen LogP contribution in [0.2, 0.25) is 0 Å². The summed E-state index contributed by atoms with van der Waals surface area (Å²) in [6, 6.07) is 42.7. The Bertz CT molecular complexity index is 836. The minimum atomic E-state index is -3.34. The van der Waals surface area contributed by atoms with Crippen LogP contribution in [0.15, 0.2) is 121 Å². The molecule has 4 aromatic rings. The van der Waals surface area contributed by atoms with Crippen LogP contribution in [-0.2, 0) is 4.52 Å². The van der Waals surface area contributed by atoms with E-state index in [-0.39, 0.29) is 17.0 Å². The molecule has 0 aromatic heterocycles. The van der Waals surface area contributed by atoms with Crippen molar-refractivity contribution < 1.29 is 4.52 Å². The van der Waals surface area contributed by atoms with E-state index >= 15 is 0 Å². The summed E-state index contributed by atoms with van der Waals surface area (Å²) in [4.78, 5) is 0. The van der Waals surface area contributed by atoms with Crippen molar-refractivity contribution in [1.82, 2.24) is 0 Å². The Morgan fingerprint density at radius 3 is 0.821 bits per heavy atom. The Hall–Kier alpha value is -2.25. The molecule has 0 heterocycles. The maximum atomic E-state index is 6.80. The molecule has 1 nitrogen and oxygen atoms in total. The van der Waals surface area contributed by atoms with Gasteiger partial charge in [0.05, 0.1) is 0 Å². The molecule has 0 N–H and O–H groups in total. The molecule has 0 aliphatic heterocycles. The van der Waals surface area contributed by atoms with E-state index in [2.05, 4.69) is 121 Å². The second kappa shape index (κ2) is 8.41. The second-order valence-corrected chi connectivity index (χ2v) is 11.1. The van der Waals surface area contributed by atoms with Crippen LogP contribution in [0.3, 0.4) is 0 Å². The summed E-state index contributed by atoms with van der Waals surface area (Å²) in [5, 5.41) is 4.81. The first-order chi connectivity index (χ1) is 13.3. The average Bonchev–Trinajstić information content (AvgIpc) is 2.78. The van der Waals surface area contributed by atoms with Crippen molar-refractivity contribution in [2.45, 2.75) is 0 Å². The number of benzene rings is 4. The van der Waals surface area contributed by atoms with E-state index in [1.807, 2.05) is 7.11 Å². The molecular formula is C25H24BrOP. The van der Waals surface area contributed by atoms with Gasteiger partial charge in [-0.2, -0.15) is 0 Å². The Morgan fingerprint density at radius 1 is 0.429 bits per heavy atom. The molecule has 0 saturated carbocycles. The summed E-state index contributed by atoms with van der Waals surface area (Å²) in [6.45, 7) is -3.34. The van der Waals surface area contributed by atoms with E-state index in [1.165, 1.54) is 21.2 Å². The zero-order chi connectivity index (χ0) is 18.6. The first-order valence-electron chi connectivity index (χ1n) is 9.13. The Kier molecular flexibility index (Phi) is 6.15. The fourth-order valence-corrected chi connectivity index (χ4v) is 9.76. The number of rotatable bonds is 5. The molecule has 0 bridgehead atoms. The van der Waals surface area contributed by atoms with Gasteiger partial charge >= 0.3 is 161 Å². The van der Waals surface area contributed by atoms with Crippen LogP contribution in [0, 0.1) is 0 Å². The summed E-state index contributed by atoms with van der Waals surface area (Å²) >= 11 is 0. The standard InChI is InChI=1S/C25H23OP.BrH/c1-26-27(22-14-6-2-7-15-22,23-16-8-3-9-17-23,24-18-10-4-11-19-24)25-20-12-5-13-21-25;/h2-21H,1H3;1H. The maximum absolute atomic E-state index is 6.80. The van der Waals surface area contributed by atoms with Gasteiger partial charge in [0.25, 0.3) is 0 Å². The third-order valence-electron chi connectivity index (χ3n) is 5.36. The number of hydrogen-bond acceptors (Lipinski definition) is 1. The fourth-order valence-electron chi connectivity index (χ4n) is 4.17. The van der Waals surface area contributed by atoms with E-state index in [9.17, 15) is 0 Å². The molecular weight excluding hydrogens is 427 g/mol. The molecule has 142 valence electrons. The van der Waals surface area contributed by atoms with Crippen LogP contribution in [0.1, 0.15) is 0 Å². The van der Waals surface area contributed by atoms with Crippen LogP contribution in [0.25, 0.3) is 0 Å². The minimum absolute atomic E-state index is 0. The van der Waals surface area contributed by atoms with Gasteiger partial charge in [0.1, 0.15) is 0 Å². The predicted molar refractivity (Wildman–Crippen MR) is 129 cm³/mol. The Morgan fingerprint density at radius 2 is 0.643 bits per heavy atom. The zero-order valence-corrected chi connectivity index (χ0v) is 18.4. The van der Waals surface area contributed by atoms with Crippen molar-refractivity contribution in [3.8, 4) is 0 Å². The van der Waals surface area contributed by atoms with Crippen molar-refractivity contribution in [2.24, 2.45) is 0 Å². The van der Waals surface area contributed by atoms with Crippen LogP contribution < -0.4 is 21.2 Å². The van der Waals surface area contributed by atoms with E-state index in [0.717, 1.165) is 0 Å². The van der Waals surface area contributed by atoms with Crippen LogP contribution in [0.4, 0.5) is 0 Å². The second-order valence-electron chi connectivity index (χ2n) is 6.56. The van der Waals surface area contributed by atoms with Gasteiger partial charge in [0, 0.05) is 0 Å². The van der Waals surface area contributed by atoms with Crippen LogP contribution >= 0.6 is 23.8 Å². The van der Waals surface area contributed by atoms with Crippen molar-refractivity contribution in [3.63, 3.8) is 0 Å². The van der Waals surface area contributed by atoms with E-state index in [0.29, 0.717) is 0 Å². The third-order valence-corrected chi connectivity index (χ3v) is 11.2. The first kappa shape index (κ1) is 20.5. The number of hydrogen-bond donors (Lipinski definition) is 0. The quantitative estimate of drug-likeness (QED) is 0.389. The monoisotopic (exact) mass is 450 g/mol. The molecule has 0 atom stereocenters. The molecule has 0 unspecified atom stereocenters. The SMILES string of the molecule is Br.COP(c1ccccc1)(c1ccccc1)(c1ccccc1)c1ccccc1. The summed E-state index contributed by atoms with van der Waals surface area (Å²) in [7, 11) is 1.86. The normalized spacial score (nSPS) is 12.4. The van der Waals surface area contributed by atoms with E-state index in [1.54, 1.807) is 0 Å². The Labute approximate surface area is 177 Å². The van der Waals surface area contributed by atoms with Crippen LogP contribution in [0.5, 0.6) is 0 Å². The van der Waals surface area contributed by atoms with Crippen LogP contribution in [-0.4, -0.2) is 7.11 Å². The van der Waals surface area contributed by atoms with Gasteiger partial charge in [-0.25, -0.2) is 0 Å². The predicted octanol–water partition coefficient (Wildman–Crippen LogP) is 4.98. The van der Waals surface area contributed by atoms with E-state index < -0.39 is 6.83 Å². The third kappa shape index (κ3) is 2.84. The van der Waals surface area contributed by atoms with Gasteiger partial charge in [0.15, 0.2) is 0 Å². The molecule has 4 aromatic carbocycles. The molecule has 0 saturated heterocycles. The van der Waals surface area contributed by atoms with Gasteiger partial charge in [0.2, 0.25) is 0 Å². The molecule has 0 fully saturated rings. The average molecular weight is 451 g/mol. The van der Waals surface area contributed by atoms with Gasteiger partial charge in [-0.1, -0.05) is 0 Å². The van der Waals surface area contributed by atoms with Gasteiger partial charge in [-0.15, -0.1) is 17.0 Å². The molecule has 0 spiro atoms. The van der Waals surface area contributed by atoms with Gasteiger partial charge in [-0.3, -0.25) is 0 Å². The molecule has 0 aliphatic rings. The molecule has 28 heavy (non-hydrogen) atoms.